The van der Waals surface area contributed by atoms with Crippen molar-refractivity contribution in [2.45, 2.75) is 26.2 Å². The molecule has 0 aliphatic carbocycles. The second-order valence-electron chi connectivity index (χ2n) is 5.19. The van der Waals surface area contributed by atoms with Crippen LogP contribution in [-0.4, -0.2) is 12.6 Å². The number of carbonyl (C=O) groups excluding carboxylic acids is 1. The lowest BCUT2D eigenvalue weighted by Gasteiger charge is -2.02. The van der Waals surface area contributed by atoms with Crippen molar-refractivity contribution in [3.8, 4) is 17.4 Å². The Morgan fingerprint density at radius 2 is 2.08 bits per heavy atom. The predicted octanol–water partition coefficient (Wildman–Crippen LogP) is 5.24. The molecule has 0 atom stereocenters. The summed E-state index contributed by atoms with van der Waals surface area (Å²) in [6.45, 7) is 2.38. The molecular formula is C19H18ClNO3. The number of ether oxygens (including phenoxy) is 1. The van der Waals surface area contributed by atoms with Crippen molar-refractivity contribution in [1.29, 1.82) is 5.26 Å². The van der Waals surface area contributed by atoms with Crippen LogP contribution in [-0.2, 0) is 9.53 Å². The molecule has 24 heavy (non-hydrogen) atoms. The van der Waals surface area contributed by atoms with Gasteiger partial charge >= 0.3 is 5.97 Å². The summed E-state index contributed by atoms with van der Waals surface area (Å²) in [5.74, 6) is 0.330. The topological polar surface area (TPSA) is 63.2 Å². The van der Waals surface area contributed by atoms with E-state index in [-0.39, 0.29) is 5.57 Å². The van der Waals surface area contributed by atoms with Crippen LogP contribution in [0.4, 0.5) is 0 Å². The largest absolute Gasteiger partial charge is 0.462 e. The van der Waals surface area contributed by atoms with Gasteiger partial charge in [-0.3, -0.25) is 0 Å². The zero-order chi connectivity index (χ0) is 17.4. The summed E-state index contributed by atoms with van der Waals surface area (Å²) in [5, 5.41) is 9.71. The van der Waals surface area contributed by atoms with Crippen molar-refractivity contribution in [2.75, 3.05) is 6.61 Å². The molecule has 0 aliphatic heterocycles. The summed E-state index contributed by atoms with van der Waals surface area (Å²) in [6, 6.07) is 12.6. The Morgan fingerprint density at radius 3 is 2.79 bits per heavy atom. The van der Waals surface area contributed by atoms with E-state index >= 15 is 0 Å². The molecule has 0 N–H and O–H groups in total. The van der Waals surface area contributed by atoms with E-state index in [2.05, 4.69) is 6.92 Å². The standard InChI is InChI=1S/C19H18ClNO3/c1-2-3-6-11-23-19(22)14(13-21)12-15-9-10-18(24-15)16-7-4-5-8-17(16)20/h4-5,7-10,12H,2-3,6,11H2,1H3/b14-12+. The maximum absolute atomic E-state index is 11.9. The molecule has 0 saturated carbocycles. The molecule has 2 rings (SSSR count). The first kappa shape index (κ1) is 17.8. The summed E-state index contributed by atoms with van der Waals surface area (Å²) >= 11 is 6.13. The minimum atomic E-state index is -0.635. The highest BCUT2D eigenvalue weighted by Crippen LogP contribution is 2.29. The molecule has 0 radical (unpaired) electrons. The summed E-state index contributed by atoms with van der Waals surface area (Å²) in [4.78, 5) is 11.9. The van der Waals surface area contributed by atoms with E-state index < -0.39 is 5.97 Å². The monoisotopic (exact) mass is 343 g/mol. The van der Waals surface area contributed by atoms with Crippen LogP contribution in [0.15, 0.2) is 46.4 Å². The van der Waals surface area contributed by atoms with Crippen molar-refractivity contribution in [3.63, 3.8) is 0 Å². The maximum atomic E-state index is 11.9. The van der Waals surface area contributed by atoms with Crippen LogP contribution in [0.2, 0.25) is 5.02 Å². The van der Waals surface area contributed by atoms with Crippen molar-refractivity contribution < 1.29 is 13.9 Å². The van der Waals surface area contributed by atoms with Gasteiger partial charge in [0.2, 0.25) is 0 Å². The molecule has 0 amide bonds. The van der Waals surface area contributed by atoms with Gasteiger partial charge in [-0.2, -0.15) is 5.26 Å². The molecule has 1 aromatic carbocycles. The molecule has 0 spiro atoms. The Labute approximate surface area is 146 Å². The second-order valence-corrected chi connectivity index (χ2v) is 5.60. The molecule has 2 aromatic rings. The maximum Gasteiger partial charge on any atom is 0.349 e. The smallest absolute Gasteiger partial charge is 0.349 e. The van der Waals surface area contributed by atoms with Crippen LogP contribution in [0.5, 0.6) is 0 Å². The fourth-order valence-corrected chi connectivity index (χ4v) is 2.34. The molecule has 0 unspecified atom stereocenters. The summed E-state index contributed by atoms with van der Waals surface area (Å²) in [6.07, 6.45) is 4.19. The fraction of sp³-hybridized carbons (Fsp3) is 0.263. The predicted molar refractivity (Wildman–Crippen MR) is 93.2 cm³/mol. The van der Waals surface area contributed by atoms with E-state index in [1.807, 2.05) is 24.3 Å². The highest BCUT2D eigenvalue weighted by atomic mass is 35.5. The van der Waals surface area contributed by atoms with E-state index in [4.69, 9.17) is 26.0 Å². The van der Waals surface area contributed by atoms with Gasteiger partial charge in [0.1, 0.15) is 23.2 Å². The van der Waals surface area contributed by atoms with Crippen LogP contribution in [0.1, 0.15) is 31.9 Å². The van der Waals surface area contributed by atoms with Gasteiger partial charge in [-0.1, -0.05) is 43.5 Å². The normalized spacial score (nSPS) is 11.1. The first-order valence-electron chi connectivity index (χ1n) is 7.79. The minimum absolute atomic E-state index is 0.0912. The molecule has 0 aliphatic rings. The third kappa shape index (κ3) is 4.74. The zero-order valence-electron chi connectivity index (χ0n) is 13.4. The lowest BCUT2D eigenvalue weighted by atomic mass is 10.2. The van der Waals surface area contributed by atoms with E-state index in [0.29, 0.717) is 23.2 Å². The molecule has 5 heteroatoms. The number of furan rings is 1. The van der Waals surface area contributed by atoms with Gasteiger partial charge in [-0.05, 0) is 30.7 Å². The molecule has 1 heterocycles. The van der Waals surface area contributed by atoms with Gasteiger partial charge in [-0.25, -0.2) is 4.79 Å². The van der Waals surface area contributed by atoms with E-state index in [0.717, 1.165) is 24.8 Å². The SMILES string of the molecule is CCCCCOC(=O)/C(C#N)=C/c1ccc(-c2ccccc2Cl)o1. The number of halogens is 1. The fourth-order valence-electron chi connectivity index (χ4n) is 2.11. The van der Waals surface area contributed by atoms with Crippen LogP contribution in [0.3, 0.4) is 0 Å². The number of hydrogen-bond acceptors (Lipinski definition) is 4. The van der Waals surface area contributed by atoms with Crippen LogP contribution in [0, 0.1) is 11.3 Å². The van der Waals surface area contributed by atoms with E-state index in [1.165, 1.54) is 6.08 Å². The number of benzene rings is 1. The van der Waals surface area contributed by atoms with E-state index in [1.54, 1.807) is 18.2 Å². The summed E-state index contributed by atoms with van der Waals surface area (Å²) in [5.41, 5.74) is 0.658. The Hall–Kier alpha value is -2.51. The molecule has 4 nitrogen and oxygen atoms in total. The first-order chi connectivity index (χ1) is 11.7. The average Bonchev–Trinajstić information content (AvgIpc) is 3.05. The number of hydrogen-bond donors (Lipinski definition) is 0. The van der Waals surface area contributed by atoms with Gasteiger partial charge in [-0.15, -0.1) is 0 Å². The molecule has 0 saturated heterocycles. The van der Waals surface area contributed by atoms with Gasteiger partial charge in [0, 0.05) is 11.6 Å². The van der Waals surface area contributed by atoms with Crippen molar-refractivity contribution in [1.82, 2.24) is 0 Å². The lowest BCUT2D eigenvalue weighted by molar-refractivity contribution is -0.138. The third-order valence-corrected chi connectivity index (χ3v) is 3.70. The highest BCUT2D eigenvalue weighted by Gasteiger charge is 2.13. The summed E-state index contributed by atoms with van der Waals surface area (Å²) in [7, 11) is 0. The third-order valence-electron chi connectivity index (χ3n) is 3.37. The first-order valence-corrected chi connectivity index (χ1v) is 8.17. The van der Waals surface area contributed by atoms with Crippen molar-refractivity contribution in [3.05, 3.63) is 52.8 Å². The van der Waals surface area contributed by atoms with Gasteiger partial charge in [0.15, 0.2) is 0 Å². The van der Waals surface area contributed by atoms with Crippen LogP contribution >= 0.6 is 11.6 Å². The van der Waals surface area contributed by atoms with Gasteiger partial charge < -0.3 is 9.15 Å². The van der Waals surface area contributed by atoms with Gasteiger partial charge in [0.05, 0.1) is 11.6 Å². The zero-order valence-corrected chi connectivity index (χ0v) is 14.2. The van der Waals surface area contributed by atoms with Crippen molar-refractivity contribution >= 4 is 23.6 Å². The second kappa shape index (κ2) is 8.95. The molecule has 1 aromatic heterocycles. The quantitative estimate of drug-likeness (QED) is 0.298. The number of nitriles is 1. The number of unbranched alkanes of at least 4 members (excludes halogenated alkanes) is 2. The van der Waals surface area contributed by atoms with Crippen molar-refractivity contribution in [2.24, 2.45) is 0 Å². The number of rotatable bonds is 7. The molecule has 0 bridgehead atoms. The Kier molecular flexibility index (Phi) is 6.65. The van der Waals surface area contributed by atoms with Crippen LogP contribution in [0.25, 0.3) is 17.4 Å². The highest BCUT2D eigenvalue weighted by molar-refractivity contribution is 6.33. The number of esters is 1. The molecular weight excluding hydrogens is 326 g/mol. The molecule has 0 fully saturated rings. The van der Waals surface area contributed by atoms with E-state index in [9.17, 15) is 4.79 Å². The van der Waals surface area contributed by atoms with Gasteiger partial charge in [0.25, 0.3) is 0 Å². The number of nitrogens with zero attached hydrogens (tertiary/aromatic N) is 1. The minimum Gasteiger partial charge on any atom is -0.462 e. The molecule has 124 valence electrons. The van der Waals surface area contributed by atoms with Crippen LogP contribution < -0.4 is 0 Å². The Morgan fingerprint density at radius 1 is 1.29 bits per heavy atom. The lowest BCUT2D eigenvalue weighted by Crippen LogP contribution is -2.07. The Bertz CT molecular complexity index is 771. The summed E-state index contributed by atoms with van der Waals surface area (Å²) < 4.78 is 10.7. The average molecular weight is 344 g/mol. The Balaban J connectivity index is 2.11. The number of carbonyl (C=O) groups is 1.